The molecule has 0 bridgehead atoms. The Morgan fingerprint density at radius 1 is 0.759 bits per heavy atom. The highest BCUT2D eigenvalue weighted by atomic mass is 16.5. The smallest absolute Gasteiger partial charge is 0.251 e. The van der Waals surface area contributed by atoms with Gasteiger partial charge in [0, 0.05) is 12.1 Å². The van der Waals surface area contributed by atoms with Crippen LogP contribution in [-0.4, -0.2) is 26.7 Å². The molecule has 4 nitrogen and oxygen atoms in total. The third-order valence-corrected chi connectivity index (χ3v) is 4.94. The first-order valence-electron chi connectivity index (χ1n) is 9.82. The van der Waals surface area contributed by atoms with Gasteiger partial charge in [-0.15, -0.1) is 0 Å². The lowest BCUT2D eigenvalue weighted by Crippen LogP contribution is -2.26. The van der Waals surface area contributed by atoms with E-state index in [0.717, 1.165) is 36.0 Å². The number of amides is 1. The van der Waals surface area contributed by atoms with E-state index in [2.05, 4.69) is 17.4 Å². The standard InChI is InChI=1S/C25H27NO3/c1-28-23-15-13-20(18-24(23)29-2)16-17-26-25(27)22-11-7-6-10-21(22)14-12-19-8-4-3-5-9-19/h3-11,13,15,18H,12,14,16-17H2,1-2H3,(H,26,27). The minimum atomic E-state index is -0.0332. The summed E-state index contributed by atoms with van der Waals surface area (Å²) in [5, 5.41) is 3.04. The van der Waals surface area contributed by atoms with E-state index < -0.39 is 0 Å². The summed E-state index contributed by atoms with van der Waals surface area (Å²) in [5.41, 5.74) is 4.17. The van der Waals surface area contributed by atoms with Crippen LogP contribution in [0.1, 0.15) is 27.0 Å². The van der Waals surface area contributed by atoms with Crippen LogP contribution in [0, 0.1) is 0 Å². The first kappa shape index (κ1) is 20.5. The van der Waals surface area contributed by atoms with E-state index in [9.17, 15) is 4.79 Å². The molecular formula is C25H27NO3. The SMILES string of the molecule is COc1ccc(CCNC(=O)c2ccccc2CCc2ccccc2)cc1OC. The minimum absolute atomic E-state index is 0.0332. The molecule has 29 heavy (non-hydrogen) atoms. The molecule has 3 aromatic carbocycles. The Kier molecular flexibility index (Phi) is 7.28. The van der Waals surface area contributed by atoms with Gasteiger partial charge in [-0.2, -0.15) is 0 Å². The Bertz CT molecular complexity index is 938. The lowest BCUT2D eigenvalue weighted by atomic mass is 9.99. The molecule has 0 fully saturated rings. The van der Waals surface area contributed by atoms with Gasteiger partial charge in [-0.3, -0.25) is 4.79 Å². The van der Waals surface area contributed by atoms with Crippen LogP contribution in [0.3, 0.4) is 0 Å². The van der Waals surface area contributed by atoms with Crippen molar-refractivity contribution in [3.8, 4) is 11.5 Å². The monoisotopic (exact) mass is 389 g/mol. The van der Waals surface area contributed by atoms with Crippen LogP contribution in [0.2, 0.25) is 0 Å². The van der Waals surface area contributed by atoms with Gasteiger partial charge in [0.05, 0.1) is 14.2 Å². The fourth-order valence-electron chi connectivity index (χ4n) is 3.34. The summed E-state index contributed by atoms with van der Waals surface area (Å²) in [4.78, 5) is 12.7. The number of hydrogen-bond donors (Lipinski definition) is 1. The molecule has 3 aromatic rings. The van der Waals surface area contributed by atoms with E-state index in [1.165, 1.54) is 5.56 Å². The van der Waals surface area contributed by atoms with Crippen LogP contribution in [0.5, 0.6) is 11.5 Å². The van der Waals surface area contributed by atoms with E-state index >= 15 is 0 Å². The normalized spacial score (nSPS) is 10.4. The van der Waals surface area contributed by atoms with Gasteiger partial charge in [0.2, 0.25) is 0 Å². The lowest BCUT2D eigenvalue weighted by Gasteiger charge is -2.12. The largest absolute Gasteiger partial charge is 0.493 e. The molecule has 0 atom stereocenters. The van der Waals surface area contributed by atoms with Gasteiger partial charge in [0.1, 0.15) is 0 Å². The molecule has 0 saturated carbocycles. The molecule has 1 amide bonds. The van der Waals surface area contributed by atoms with E-state index in [1.807, 2.05) is 60.7 Å². The fourth-order valence-corrected chi connectivity index (χ4v) is 3.34. The van der Waals surface area contributed by atoms with Crippen molar-refractivity contribution in [1.29, 1.82) is 0 Å². The first-order valence-corrected chi connectivity index (χ1v) is 9.82. The van der Waals surface area contributed by atoms with Crippen LogP contribution >= 0.6 is 0 Å². The number of carbonyl (C=O) groups is 1. The van der Waals surface area contributed by atoms with Gasteiger partial charge in [-0.1, -0.05) is 54.6 Å². The van der Waals surface area contributed by atoms with Crippen molar-refractivity contribution in [1.82, 2.24) is 5.32 Å². The van der Waals surface area contributed by atoms with Crippen LogP contribution in [-0.2, 0) is 19.3 Å². The predicted octanol–water partition coefficient (Wildman–Crippen LogP) is 4.46. The van der Waals surface area contributed by atoms with E-state index in [-0.39, 0.29) is 5.91 Å². The van der Waals surface area contributed by atoms with Gasteiger partial charge in [-0.25, -0.2) is 0 Å². The zero-order chi connectivity index (χ0) is 20.5. The Balaban J connectivity index is 1.58. The van der Waals surface area contributed by atoms with Gasteiger partial charge in [-0.05, 0) is 54.2 Å². The van der Waals surface area contributed by atoms with E-state index in [0.29, 0.717) is 18.0 Å². The molecule has 3 rings (SSSR count). The molecule has 150 valence electrons. The molecule has 0 aromatic heterocycles. The zero-order valence-electron chi connectivity index (χ0n) is 17.0. The summed E-state index contributed by atoms with van der Waals surface area (Å²) in [5.74, 6) is 1.37. The Morgan fingerprint density at radius 3 is 2.24 bits per heavy atom. The third kappa shape index (κ3) is 5.61. The molecule has 0 spiro atoms. The maximum Gasteiger partial charge on any atom is 0.251 e. The van der Waals surface area contributed by atoms with Crippen molar-refractivity contribution in [2.75, 3.05) is 20.8 Å². The Hall–Kier alpha value is -3.27. The van der Waals surface area contributed by atoms with Crippen molar-refractivity contribution in [2.45, 2.75) is 19.3 Å². The third-order valence-electron chi connectivity index (χ3n) is 4.94. The first-order chi connectivity index (χ1) is 14.2. The highest BCUT2D eigenvalue weighted by Crippen LogP contribution is 2.27. The molecular weight excluding hydrogens is 362 g/mol. The summed E-state index contributed by atoms with van der Waals surface area (Å²) in [6.45, 7) is 0.557. The highest BCUT2D eigenvalue weighted by Gasteiger charge is 2.11. The second-order valence-corrected chi connectivity index (χ2v) is 6.84. The van der Waals surface area contributed by atoms with Crippen molar-refractivity contribution in [3.63, 3.8) is 0 Å². The molecule has 4 heteroatoms. The van der Waals surface area contributed by atoms with Gasteiger partial charge >= 0.3 is 0 Å². The summed E-state index contributed by atoms with van der Waals surface area (Å²) in [6.07, 6.45) is 2.47. The lowest BCUT2D eigenvalue weighted by molar-refractivity contribution is 0.0953. The summed E-state index contributed by atoms with van der Waals surface area (Å²) in [6, 6.07) is 24.0. The second kappa shape index (κ2) is 10.3. The summed E-state index contributed by atoms with van der Waals surface area (Å²) >= 11 is 0. The predicted molar refractivity (Wildman–Crippen MR) is 116 cm³/mol. The van der Waals surface area contributed by atoms with Crippen LogP contribution in [0.25, 0.3) is 0 Å². The van der Waals surface area contributed by atoms with Crippen molar-refractivity contribution >= 4 is 5.91 Å². The van der Waals surface area contributed by atoms with Crippen LogP contribution < -0.4 is 14.8 Å². The average molecular weight is 389 g/mol. The Morgan fingerprint density at radius 2 is 1.48 bits per heavy atom. The quantitative estimate of drug-likeness (QED) is 0.588. The molecule has 0 saturated heterocycles. The second-order valence-electron chi connectivity index (χ2n) is 6.84. The van der Waals surface area contributed by atoms with Crippen molar-refractivity contribution in [3.05, 3.63) is 95.1 Å². The van der Waals surface area contributed by atoms with Gasteiger partial charge < -0.3 is 14.8 Å². The number of nitrogens with one attached hydrogen (secondary N) is 1. The maximum absolute atomic E-state index is 12.7. The summed E-state index contributed by atoms with van der Waals surface area (Å²) < 4.78 is 10.6. The van der Waals surface area contributed by atoms with Gasteiger partial charge in [0.15, 0.2) is 11.5 Å². The topological polar surface area (TPSA) is 47.6 Å². The number of hydrogen-bond acceptors (Lipinski definition) is 3. The van der Waals surface area contributed by atoms with Crippen LogP contribution in [0.4, 0.5) is 0 Å². The van der Waals surface area contributed by atoms with Crippen molar-refractivity contribution in [2.24, 2.45) is 0 Å². The number of ether oxygens (including phenoxy) is 2. The molecule has 1 N–H and O–H groups in total. The van der Waals surface area contributed by atoms with Gasteiger partial charge in [0.25, 0.3) is 5.91 Å². The minimum Gasteiger partial charge on any atom is -0.493 e. The van der Waals surface area contributed by atoms with E-state index in [4.69, 9.17) is 9.47 Å². The number of carbonyl (C=O) groups excluding carboxylic acids is 1. The number of rotatable bonds is 9. The number of aryl methyl sites for hydroxylation is 2. The maximum atomic E-state index is 12.7. The number of methoxy groups -OCH3 is 2. The average Bonchev–Trinajstić information content (AvgIpc) is 2.78. The Labute approximate surface area is 172 Å². The molecule has 0 aliphatic rings. The molecule has 0 aliphatic heterocycles. The van der Waals surface area contributed by atoms with E-state index in [1.54, 1.807) is 14.2 Å². The molecule has 0 unspecified atom stereocenters. The molecule has 0 aliphatic carbocycles. The van der Waals surface area contributed by atoms with Crippen molar-refractivity contribution < 1.29 is 14.3 Å². The van der Waals surface area contributed by atoms with Crippen LogP contribution in [0.15, 0.2) is 72.8 Å². The zero-order valence-corrected chi connectivity index (χ0v) is 17.0. The highest BCUT2D eigenvalue weighted by molar-refractivity contribution is 5.95. The fraction of sp³-hybridized carbons (Fsp3) is 0.240. The molecule has 0 heterocycles. The molecule has 0 radical (unpaired) electrons. The number of benzene rings is 3. The summed E-state index contributed by atoms with van der Waals surface area (Å²) in [7, 11) is 3.24.